The normalized spacial score (nSPS) is 23.9. The Morgan fingerprint density at radius 1 is 1.22 bits per heavy atom. The second-order valence-electron chi connectivity index (χ2n) is 5.29. The molecule has 0 amide bonds. The van der Waals surface area contributed by atoms with Crippen molar-refractivity contribution in [3.63, 3.8) is 0 Å². The van der Waals surface area contributed by atoms with Crippen molar-refractivity contribution in [2.75, 3.05) is 13.7 Å². The predicted molar refractivity (Wildman–Crippen MR) is 76.3 cm³/mol. The van der Waals surface area contributed by atoms with Gasteiger partial charge in [-0.1, -0.05) is 25.5 Å². The average molecular weight is 247 g/mol. The van der Waals surface area contributed by atoms with Crippen molar-refractivity contribution in [2.45, 2.75) is 51.0 Å². The molecule has 0 bridgehead atoms. The minimum Gasteiger partial charge on any atom is -0.497 e. The summed E-state index contributed by atoms with van der Waals surface area (Å²) in [5.41, 5.74) is 1.47. The van der Waals surface area contributed by atoms with Crippen LogP contribution in [0.2, 0.25) is 0 Å². The van der Waals surface area contributed by atoms with Crippen LogP contribution in [0.25, 0.3) is 0 Å². The van der Waals surface area contributed by atoms with Crippen LogP contribution in [0.4, 0.5) is 0 Å². The van der Waals surface area contributed by atoms with Crippen molar-refractivity contribution in [2.24, 2.45) is 0 Å². The van der Waals surface area contributed by atoms with Crippen molar-refractivity contribution in [3.05, 3.63) is 29.8 Å². The van der Waals surface area contributed by atoms with Gasteiger partial charge in [0.15, 0.2) is 0 Å². The van der Waals surface area contributed by atoms with Gasteiger partial charge in [0, 0.05) is 6.04 Å². The second kappa shape index (κ2) is 6.79. The third kappa shape index (κ3) is 3.49. The molecule has 1 aliphatic carbocycles. The lowest BCUT2D eigenvalue weighted by Crippen LogP contribution is -2.33. The molecule has 0 radical (unpaired) electrons. The quantitative estimate of drug-likeness (QED) is 0.856. The number of ether oxygens (including phenoxy) is 1. The smallest absolute Gasteiger partial charge is 0.118 e. The highest BCUT2D eigenvalue weighted by atomic mass is 16.5. The van der Waals surface area contributed by atoms with E-state index < -0.39 is 0 Å². The maximum Gasteiger partial charge on any atom is 0.118 e. The molecular formula is C16H25NO. The van der Waals surface area contributed by atoms with E-state index in [1.165, 1.54) is 37.7 Å². The summed E-state index contributed by atoms with van der Waals surface area (Å²) in [6, 6.07) is 9.33. The Morgan fingerprint density at radius 3 is 2.67 bits per heavy atom. The molecule has 100 valence electrons. The van der Waals surface area contributed by atoms with Crippen LogP contribution in [0.1, 0.15) is 50.5 Å². The molecule has 0 aromatic heterocycles. The molecule has 1 aliphatic rings. The van der Waals surface area contributed by atoms with E-state index in [1.54, 1.807) is 7.11 Å². The van der Waals surface area contributed by atoms with Crippen LogP contribution in [0.3, 0.4) is 0 Å². The zero-order valence-corrected chi connectivity index (χ0v) is 11.6. The molecule has 2 rings (SSSR count). The second-order valence-corrected chi connectivity index (χ2v) is 5.29. The molecule has 1 saturated carbocycles. The summed E-state index contributed by atoms with van der Waals surface area (Å²) in [5, 5.41) is 3.67. The largest absolute Gasteiger partial charge is 0.497 e. The molecule has 0 aliphatic heterocycles. The number of methoxy groups -OCH3 is 1. The van der Waals surface area contributed by atoms with E-state index >= 15 is 0 Å². The van der Waals surface area contributed by atoms with E-state index in [0.717, 1.165) is 18.2 Å². The van der Waals surface area contributed by atoms with E-state index in [4.69, 9.17) is 4.74 Å². The summed E-state index contributed by atoms with van der Waals surface area (Å²) in [6.07, 6.45) is 6.53. The molecule has 0 heterocycles. The van der Waals surface area contributed by atoms with Crippen molar-refractivity contribution >= 4 is 0 Å². The van der Waals surface area contributed by atoms with E-state index in [2.05, 4.69) is 36.5 Å². The third-order valence-corrected chi connectivity index (χ3v) is 3.94. The van der Waals surface area contributed by atoms with Gasteiger partial charge in [-0.25, -0.2) is 0 Å². The molecular weight excluding hydrogens is 222 g/mol. The van der Waals surface area contributed by atoms with Gasteiger partial charge in [0.25, 0.3) is 0 Å². The van der Waals surface area contributed by atoms with Crippen LogP contribution in [-0.4, -0.2) is 19.7 Å². The lowest BCUT2D eigenvalue weighted by Gasteiger charge is -2.30. The number of hydrogen-bond acceptors (Lipinski definition) is 2. The zero-order valence-electron chi connectivity index (χ0n) is 11.6. The van der Waals surface area contributed by atoms with E-state index in [-0.39, 0.29) is 0 Å². The van der Waals surface area contributed by atoms with Crippen LogP contribution in [0, 0.1) is 0 Å². The SMILES string of the molecule is CCCNC1CCCC(c2ccc(OC)cc2)C1. The molecule has 2 heteroatoms. The van der Waals surface area contributed by atoms with E-state index in [0.29, 0.717) is 6.04 Å². The van der Waals surface area contributed by atoms with E-state index in [9.17, 15) is 0 Å². The van der Waals surface area contributed by atoms with Gasteiger partial charge in [-0.05, 0) is 55.8 Å². The fourth-order valence-corrected chi connectivity index (χ4v) is 2.90. The molecule has 18 heavy (non-hydrogen) atoms. The molecule has 1 fully saturated rings. The molecule has 2 atom stereocenters. The Hall–Kier alpha value is -1.02. The highest BCUT2D eigenvalue weighted by molar-refractivity contribution is 5.29. The molecule has 1 N–H and O–H groups in total. The molecule has 0 saturated heterocycles. The van der Waals surface area contributed by atoms with Crippen molar-refractivity contribution in [1.82, 2.24) is 5.32 Å². The van der Waals surface area contributed by atoms with Crippen molar-refractivity contribution < 1.29 is 4.74 Å². The maximum atomic E-state index is 5.22. The standard InChI is InChI=1S/C16H25NO/c1-3-11-17-15-6-4-5-14(12-15)13-7-9-16(18-2)10-8-13/h7-10,14-15,17H,3-6,11-12H2,1-2H3. The number of nitrogens with one attached hydrogen (secondary N) is 1. The topological polar surface area (TPSA) is 21.3 Å². The van der Waals surface area contributed by atoms with Crippen LogP contribution < -0.4 is 10.1 Å². The van der Waals surface area contributed by atoms with Crippen LogP contribution in [-0.2, 0) is 0 Å². The van der Waals surface area contributed by atoms with Crippen molar-refractivity contribution in [3.8, 4) is 5.75 Å². The number of hydrogen-bond donors (Lipinski definition) is 1. The minimum atomic E-state index is 0.714. The Labute approximate surface area is 111 Å². The van der Waals surface area contributed by atoms with Gasteiger partial charge in [-0.3, -0.25) is 0 Å². The Bertz CT molecular complexity index is 347. The van der Waals surface area contributed by atoms with Gasteiger partial charge in [0.05, 0.1) is 7.11 Å². The monoisotopic (exact) mass is 247 g/mol. The number of rotatable bonds is 5. The highest BCUT2D eigenvalue weighted by Crippen LogP contribution is 2.33. The van der Waals surface area contributed by atoms with Gasteiger partial charge in [-0.15, -0.1) is 0 Å². The summed E-state index contributed by atoms with van der Waals surface area (Å²) in [6.45, 7) is 3.39. The van der Waals surface area contributed by atoms with Gasteiger partial charge in [0.2, 0.25) is 0 Å². The fraction of sp³-hybridized carbons (Fsp3) is 0.625. The first-order valence-electron chi connectivity index (χ1n) is 7.20. The van der Waals surface area contributed by atoms with Gasteiger partial charge in [-0.2, -0.15) is 0 Å². The summed E-state index contributed by atoms with van der Waals surface area (Å²) in [7, 11) is 1.72. The molecule has 1 aromatic rings. The van der Waals surface area contributed by atoms with Gasteiger partial charge < -0.3 is 10.1 Å². The lowest BCUT2D eigenvalue weighted by atomic mass is 9.81. The number of benzene rings is 1. The van der Waals surface area contributed by atoms with Crippen LogP contribution in [0.15, 0.2) is 24.3 Å². The molecule has 1 aromatic carbocycles. The molecule has 2 unspecified atom stereocenters. The predicted octanol–water partition coefficient (Wildman–Crippen LogP) is 3.72. The summed E-state index contributed by atoms with van der Waals surface area (Å²) >= 11 is 0. The third-order valence-electron chi connectivity index (χ3n) is 3.94. The van der Waals surface area contributed by atoms with E-state index in [1.807, 2.05) is 0 Å². The first-order chi connectivity index (χ1) is 8.83. The summed E-state index contributed by atoms with van der Waals surface area (Å²) in [4.78, 5) is 0. The summed E-state index contributed by atoms with van der Waals surface area (Å²) < 4.78 is 5.22. The average Bonchev–Trinajstić information content (AvgIpc) is 2.45. The van der Waals surface area contributed by atoms with Gasteiger partial charge in [0.1, 0.15) is 5.75 Å². The summed E-state index contributed by atoms with van der Waals surface area (Å²) in [5.74, 6) is 1.68. The van der Waals surface area contributed by atoms with Crippen molar-refractivity contribution in [1.29, 1.82) is 0 Å². The molecule has 0 spiro atoms. The maximum absolute atomic E-state index is 5.22. The first-order valence-corrected chi connectivity index (χ1v) is 7.20. The molecule has 2 nitrogen and oxygen atoms in total. The Morgan fingerprint density at radius 2 is 2.00 bits per heavy atom. The highest BCUT2D eigenvalue weighted by Gasteiger charge is 2.22. The van der Waals surface area contributed by atoms with Gasteiger partial charge >= 0.3 is 0 Å². The first kappa shape index (κ1) is 13.4. The fourth-order valence-electron chi connectivity index (χ4n) is 2.90. The zero-order chi connectivity index (χ0) is 12.8. The van der Waals surface area contributed by atoms with Crippen LogP contribution in [0.5, 0.6) is 5.75 Å². The lowest BCUT2D eigenvalue weighted by molar-refractivity contribution is 0.340. The Kier molecular flexibility index (Phi) is 5.06. The Balaban J connectivity index is 1.94. The minimum absolute atomic E-state index is 0.714. The van der Waals surface area contributed by atoms with Crippen LogP contribution >= 0.6 is 0 Å².